The summed E-state index contributed by atoms with van der Waals surface area (Å²) in [6, 6.07) is 0. The molecule has 0 aliphatic carbocycles. The molecule has 0 heterocycles. The Morgan fingerprint density at radius 3 is 0.688 bits per heavy atom. The third-order valence-corrected chi connectivity index (χ3v) is 7.29. The molecule has 1 nitrogen and oxygen atoms in total. The Morgan fingerprint density at radius 2 is 0.469 bits per heavy atom. The lowest BCUT2D eigenvalue weighted by Gasteiger charge is -2.16. The van der Waals surface area contributed by atoms with E-state index in [1.165, 1.54) is 180 Å². The fourth-order valence-corrected chi connectivity index (χ4v) is 4.91. The molecule has 0 unspecified atom stereocenters. The van der Waals surface area contributed by atoms with E-state index in [0.717, 1.165) is 0 Å². The topological polar surface area (TPSA) is 3.24 Å². The van der Waals surface area contributed by atoms with Gasteiger partial charge in [0.1, 0.15) is 0 Å². The smallest absolute Gasteiger partial charge is 0.00218 e. The van der Waals surface area contributed by atoms with Gasteiger partial charge in [0.2, 0.25) is 0 Å². The van der Waals surface area contributed by atoms with Gasteiger partial charge in [-0.05, 0) is 33.0 Å². The highest BCUT2D eigenvalue weighted by molar-refractivity contribution is 4.55. The van der Waals surface area contributed by atoms with Crippen molar-refractivity contribution in [2.45, 2.75) is 181 Å². The zero-order valence-electron chi connectivity index (χ0n) is 23.2. The summed E-state index contributed by atoms with van der Waals surface area (Å²) in [6.45, 7) is 7.24. The van der Waals surface area contributed by atoms with Crippen LogP contribution in [0.1, 0.15) is 181 Å². The third-order valence-electron chi connectivity index (χ3n) is 7.29. The van der Waals surface area contributed by atoms with E-state index in [1.54, 1.807) is 0 Å². The molecule has 0 saturated heterocycles. The van der Waals surface area contributed by atoms with Gasteiger partial charge in [0, 0.05) is 0 Å². The second kappa shape index (κ2) is 29.0. The van der Waals surface area contributed by atoms with Crippen molar-refractivity contribution in [1.29, 1.82) is 0 Å². The van der Waals surface area contributed by atoms with Crippen LogP contribution in [0, 0.1) is 0 Å². The van der Waals surface area contributed by atoms with Crippen LogP contribution in [0.5, 0.6) is 0 Å². The van der Waals surface area contributed by atoms with Crippen LogP contribution in [0.25, 0.3) is 0 Å². The average Bonchev–Trinajstić information content (AvgIpc) is 2.80. The summed E-state index contributed by atoms with van der Waals surface area (Å²) in [5.41, 5.74) is 0. The first kappa shape index (κ1) is 32.0. The molecule has 1 heteroatoms. The van der Waals surface area contributed by atoms with Crippen LogP contribution in [0.4, 0.5) is 0 Å². The van der Waals surface area contributed by atoms with Crippen molar-refractivity contribution in [3.63, 3.8) is 0 Å². The zero-order chi connectivity index (χ0) is 23.4. The van der Waals surface area contributed by atoms with Gasteiger partial charge in [0.05, 0.1) is 0 Å². The van der Waals surface area contributed by atoms with Crippen LogP contribution >= 0.6 is 0 Å². The predicted octanol–water partition coefficient (Wildman–Crippen LogP) is 11.1. The molecule has 0 spiro atoms. The minimum absolute atomic E-state index is 1.32. The number of unbranched alkanes of at least 4 members (excludes halogenated alkanes) is 24. The second-order valence-corrected chi connectivity index (χ2v) is 10.8. The van der Waals surface area contributed by atoms with E-state index < -0.39 is 0 Å². The highest BCUT2D eigenvalue weighted by Crippen LogP contribution is 2.14. The van der Waals surface area contributed by atoms with Crippen LogP contribution in [0.2, 0.25) is 0 Å². The quantitative estimate of drug-likeness (QED) is 0.107. The van der Waals surface area contributed by atoms with Crippen molar-refractivity contribution < 1.29 is 0 Å². The van der Waals surface area contributed by atoms with Gasteiger partial charge in [-0.1, -0.05) is 168 Å². The molecule has 32 heavy (non-hydrogen) atoms. The molecule has 0 aromatic heterocycles. The Bertz CT molecular complexity index is 314. The molecule has 0 rings (SSSR count). The van der Waals surface area contributed by atoms with E-state index in [0.29, 0.717) is 0 Å². The molecule has 0 aliphatic rings. The highest BCUT2D eigenvalue weighted by Gasteiger charge is 1.99. The van der Waals surface area contributed by atoms with Crippen LogP contribution in [0.15, 0.2) is 0 Å². The van der Waals surface area contributed by atoms with E-state index in [-0.39, 0.29) is 0 Å². The molecule has 0 bridgehead atoms. The van der Waals surface area contributed by atoms with Crippen molar-refractivity contribution in [2.24, 2.45) is 0 Å². The molecule has 0 radical (unpaired) electrons. The first-order valence-corrected chi connectivity index (χ1v) is 15.5. The van der Waals surface area contributed by atoms with Crippen molar-refractivity contribution in [3.05, 3.63) is 0 Å². The molecule has 0 fully saturated rings. The molecule has 0 saturated carbocycles. The summed E-state index contributed by atoms with van der Waals surface area (Å²) in [5, 5.41) is 0. The average molecular weight is 452 g/mol. The summed E-state index contributed by atoms with van der Waals surface area (Å²) in [4.78, 5) is 2.58. The van der Waals surface area contributed by atoms with E-state index in [4.69, 9.17) is 0 Å². The zero-order valence-corrected chi connectivity index (χ0v) is 23.2. The summed E-state index contributed by atoms with van der Waals surface area (Å²) >= 11 is 0. The first-order chi connectivity index (χ1) is 15.8. The summed E-state index contributed by atoms with van der Waals surface area (Å²) in [5.74, 6) is 0. The summed E-state index contributed by atoms with van der Waals surface area (Å²) in [6.07, 6.45) is 37.8. The first-order valence-electron chi connectivity index (χ1n) is 15.5. The Labute approximate surface area is 205 Å². The van der Waals surface area contributed by atoms with Crippen molar-refractivity contribution >= 4 is 0 Å². The Morgan fingerprint density at radius 1 is 0.281 bits per heavy atom. The monoisotopic (exact) mass is 452 g/mol. The number of rotatable bonds is 28. The van der Waals surface area contributed by atoms with Crippen LogP contribution in [-0.2, 0) is 0 Å². The lowest BCUT2D eigenvalue weighted by Crippen LogP contribution is -2.20. The predicted molar refractivity (Wildman–Crippen MR) is 149 cm³/mol. The molecule has 194 valence electrons. The largest absolute Gasteiger partial charge is 0.306 e. The molecule has 0 aliphatic heterocycles. The molecular weight excluding hydrogens is 386 g/mol. The maximum absolute atomic E-state index is 2.58. The molecular formula is C31H65N. The van der Waals surface area contributed by atoms with Crippen LogP contribution < -0.4 is 0 Å². The van der Waals surface area contributed by atoms with E-state index >= 15 is 0 Å². The van der Waals surface area contributed by atoms with E-state index in [9.17, 15) is 0 Å². The highest BCUT2D eigenvalue weighted by atomic mass is 15.1. The van der Waals surface area contributed by atoms with Gasteiger partial charge in [0.25, 0.3) is 0 Å². The van der Waals surface area contributed by atoms with Gasteiger partial charge < -0.3 is 4.90 Å². The van der Waals surface area contributed by atoms with Gasteiger partial charge in [-0.3, -0.25) is 0 Å². The van der Waals surface area contributed by atoms with Crippen molar-refractivity contribution in [3.8, 4) is 0 Å². The maximum atomic E-state index is 2.58. The SMILES string of the molecule is CCCCCCCCCCCCCCCCN(C)CCCCCCCCCCCCCC. The second-order valence-electron chi connectivity index (χ2n) is 10.8. The van der Waals surface area contributed by atoms with Gasteiger partial charge in [-0.2, -0.15) is 0 Å². The lowest BCUT2D eigenvalue weighted by molar-refractivity contribution is 0.314. The molecule has 0 amide bonds. The van der Waals surface area contributed by atoms with Crippen molar-refractivity contribution in [1.82, 2.24) is 4.90 Å². The fraction of sp³-hybridized carbons (Fsp3) is 1.00. The van der Waals surface area contributed by atoms with Crippen LogP contribution in [-0.4, -0.2) is 25.0 Å². The standard InChI is InChI=1S/C31H65N/c1-4-6-8-10-12-14-16-18-19-21-23-25-27-29-31-32(3)30-28-26-24-22-20-17-15-13-11-9-7-5-2/h4-31H2,1-3H3. The van der Waals surface area contributed by atoms with Crippen molar-refractivity contribution in [2.75, 3.05) is 20.1 Å². The Balaban J connectivity index is 3.13. The minimum atomic E-state index is 1.32. The summed E-state index contributed by atoms with van der Waals surface area (Å²) in [7, 11) is 2.33. The van der Waals surface area contributed by atoms with Gasteiger partial charge in [-0.15, -0.1) is 0 Å². The van der Waals surface area contributed by atoms with E-state index in [1.807, 2.05) is 0 Å². The maximum Gasteiger partial charge on any atom is -0.00218 e. The number of hydrogen-bond acceptors (Lipinski definition) is 1. The normalized spacial score (nSPS) is 11.6. The Hall–Kier alpha value is -0.0400. The van der Waals surface area contributed by atoms with Crippen LogP contribution in [0.3, 0.4) is 0 Å². The van der Waals surface area contributed by atoms with Gasteiger partial charge in [0.15, 0.2) is 0 Å². The third kappa shape index (κ3) is 28.0. The molecule has 0 N–H and O–H groups in total. The molecule has 0 aromatic rings. The minimum Gasteiger partial charge on any atom is -0.306 e. The molecule has 0 aromatic carbocycles. The number of nitrogens with zero attached hydrogens (tertiary/aromatic N) is 1. The fourth-order valence-electron chi connectivity index (χ4n) is 4.91. The van der Waals surface area contributed by atoms with E-state index in [2.05, 4.69) is 25.8 Å². The number of hydrogen-bond donors (Lipinski definition) is 0. The lowest BCUT2D eigenvalue weighted by atomic mass is 10.0. The van der Waals surface area contributed by atoms with Gasteiger partial charge in [-0.25, -0.2) is 0 Å². The molecule has 0 atom stereocenters. The Kier molecular flexibility index (Phi) is 29.0. The summed E-state index contributed by atoms with van der Waals surface area (Å²) < 4.78 is 0. The van der Waals surface area contributed by atoms with Gasteiger partial charge >= 0.3 is 0 Å².